The van der Waals surface area contributed by atoms with Crippen molar-refractivity contribution in [3.05, 3.63) is 12.2 Å². The van der Waals surface area contributed by atoms with Gasteiger partial charge in [-0.2, -0.15) is 0 Å². The van der Waals surface area contributed by atoms with Crippen LogP contribution in [0.1, 0.15) is 188 Å². The SMILES string of the molecule is C/C=C/CC(C)C(O)C1C(=O)NC(CC)C(=O)N(C)CC(=O)N(C)C(CC(C)C)C(=O)NC(C(C)C)C(=O)N(C)C(CC(C)C)C(=O)NC(C)C(=O)NC(COCC(=O)NCCCCC(=O)NCCC2CCN(COC)CC2)C(=O)N(C)C(CC(C)C)C(=O)N(C)C(CC(C)C)C(=O)N(C)C(C(C)C)C(=O)N1C. The Bertz CT molecular complexity index is 2960. The van der Waals surface area contributed by atoms with E-state index in [9.17, 15) is 48.3 Å². The molecule has 2 aliphatic rings. The van der Waals surface area contributed by atoms with Crippen LogP contribution in [0.25, 0.3) is 0 Å². The van der Waals surface area contributed by atoms with Crippen LogP contribution in [0.2, 0.25) is 0 Å². The fraction of sp³-hybridized carbons (Fsp3) is 0.808. The topological polar surface area (TPSA) is 359 Å². The number of ether oxygens (including phenoxy) is 2. The molecule has 30 heteroatoms. The minimum Gasteiger partial charge on any atom is -0.390 e. The average Bonchev–Trinajstić information content (AvgIpc) is 0.796. The van der Waals surface area contributed by atoms with E-state index in [0.717, 1.165) is 47.1 Å². The lowest BCUT2D eigenvalue weighted by atomic mass is 9.91. The molecule has 0 spiro atoms. The van der Waals surface area contributed by atoms with E-state index in [4.69, 9.17) is 9.47 Å². The number of hydrogen-bond acceptors (Lipinski definition) is 17. The number of aliphatic hydroxyl groups is 1. The number of likely N-dealkylation sites (N-methyl/N-ethyl adjacent to an activating group) is 7. The smallest absolute Gasteiger partial charge is 0.247 e. The number of carbonyl (C=O) groups excluding carboxylic acids is 13. The highest BCUT2D eigenvalue weighted by molar-refractivity contribution is 6.00. The summed E-state index contributed by atoms with van der Waals surface area (Å²) in [6.45, 7) is 29.6. The Hall–Kier alpha value is -7.31. The van der Waals surface area contributed by atoms with E-state index in [2.05, 4.69) is 36.8 Å². The lowest BCUT2D eigenvalue weighted by Gasteiger charge is -2.41. The van der Waals surface area contributed by atoms with Gasteiger partial charge in [-0.05, 0) is 132 Å². The number of piperidine rings is 1. The van der Waals surface area contributed by atoms with Crippen LogP contribution < -0.4 is 31.9 Å². The van der Waals surface area contributed by atoms with Gasteiger partial charge in [0.25, 0.3) is 0 Å². The first kappa shape index (κ1) is 96.8. The Kier molecular flexibility index (Phi) is 42.7. The molecule has 0 aromatic rings. The highest BCUT2D eigenvalue weighted by atomic mass is 16.5. The lowest BCUT2D eigenvalue weighted by Crippen LogP contribution is -2.63. The maximum atomic E-state index is 15.5. The molecule has 0 bridgehead atoms. The number of methoxy groups -OCH3 is 1. The molecule has 618 valence electrons. The zero-order valence-corrected chi connectivity index (χ0v) is 69.9. The molecule has 30 nitrogen and oxygen atoms in total. The van der Waals surface area contributed by atoms with Crippen molar-refractivity contribution in [3.63, 3.8) is 0 Å². The second-order valence-electron chi connectivity index (χ2n) is 32.4. The van der Waals surface area contributed by atoms with Crippen molar-refractivity contribution in [2.75, 3.05) is 109 Å². The van der Waals surface area contributed by atoms with E-state index in [0.29, 0.717) is 32.0 Å². The Labute approximate surface area is 645 Å². The molecule has 0 aromatic carbocycles. The van der Waals surface area contributed by atoms with Gasteiger partial charge in [0.2, 0.25) is 76.8 Å². The quantitative estimate of drug-likeness (QED) is 0.0417. The number of aliphatic hydroxyl groups excluding tert-OH is 1. The van der Waals surface area contributed by atoms with Crippen molar-refractivity contribution in [2.45, 2.75) is 254 Å². The molecule has 0 aliphatic carbocycles. The largest absolute Gasteiger partial charge is 0.390 e. The molecule has 0 radical (unpaired) electrons. The second kappa shape index (κ2) is 47.7. The van der Waals surface area contributed by atoms with E-state index in [1.54, 1.807) is 67.7 Å². The first-order valence-corrected chi connectivity index (χ1v) is 39.2. The van der Waals surface area contributed by atoms with Gasteiger partial charge in [-0.1, -0.05) is 109 Å². The first-order valence-electron chi connectivity index (χ1n) is 39.2. The number of rotatable bonds is 29. The van der Waals surface area contributed by atoms with E-state index < -0.39 is 175 Å². The van der Waals surface area contributed by atoms with Gasteiger partial charge in [-0.25, -0.2) is 0 Å². The molecule has 108 heavy (non-hydrogen) atoms. The molecule has 0 aromatic heterocycles. The van der Waals surface area contributed by atoms with Crippen molar-refractivity contribution in [2.24, 2.45) is 47.3 Å². The highest BCUT2D eigenvalue weighted by Crippen LogP contribution is 2.27. The van der Waals surface area contributed by atoms with Crippen molar-refractivity contribution in [3.8, 4) is 0 Å². The minimum atomic E-state index is -1.66. The first-order chi connectivity index (χ1) is 50.5. The van der Waals surface area contributed by atoms with Crippen LogP contribution in [0.5, 0.6) is 0 Å². The van der Waals surface area contributed by atoms with Gasteiger partial charge in [0.1, 0.15) is 67.0 Å². The maximum Gasteiger partial charge on any atom is 0.247 e. The maximum absolute atomic E-state index is 15.5. The number of allylic oxidation sites excluding steroid dienone is 2. The van der Waals surface area contributed by atoms with Gasteiger partial charge < -0.3 is 80.8 Å². The monoisotopic (exact) mass is 1530 g/mol. The van der Waals surface area contributed by atoms with E-state index in [1.165, 1.54) is 75.9 Å². The molecular weight excluding hydrogens is 1390 g/mol. The summed E-state index contributed by atoms with van der Waals surface area (Å²) in [6.07, 6.45) is 6.80. The van der Waals surface area contributed by atoms with Gasteiger partial charge in [0.05, 0.1) is 26.0 Å². The number of nitrogens with zero attached hydrogens (tertiary/aromatic N) is 8. The summed E-state index contributed by atoms with van der Waals surface area (Å²) in [5.74, 6) is -11.1. The van der Waals surface area contributed by atoms with Crippen molar-refractivity contribution in [1.82, 2.24) is 71.1 Å². The number of unbranched alkanes of at least 4 members (excludes halogenated alkanes) is 1. The minimum absolute atomic E-state index is 0.00562. The second-order valence-corrected chi connectivity index (χ2v) is 32.4. The highest BCUT2D eigenvalue weighted by Gasteiger charge is 2.46. The van der Waals surface area contributed by atoms with Crippen LogP contribution >= 0.6 is 0 Å². The Morgan fingerprint density at radius 3 is 1.56 bits per heavy atom. The molecule has 12 unspecified atom stereocenters. The fourth-order valence-corrected chi connectivity index (χ4v) is 13.7. The van der Waals surface area contributed by atoms with Gasteiger partial charge in [-0.15, -0.1) is 0 Å². The predicted molar refractivity (Wildman–Crippen MR) is 414 cm³/mol. The number of nitrogens with one attached hydrogen (secondary N) is 6. The van der Waals surface area contributed by atoms with Gasteiger partial charge in [-0.3, -0.25) is 67.2 Å². The Balaban J connectivity index is 2.88. The number of likely N-dealkylation sites (tertiary alicyclic amines) is 1. The van der Waals surface area contributed by atoms with E-state index >= 15 is 19.2 Å². The van der Waals surface area contributed by atoms with Crippen molar-refractivity contribution >= 4 is 76.8 Å². The van der Waals surface area contributed by atoms with Gasteiger partial charge >= 0.3 is 0 Å². The molecule has 7 N–H and O–H groups in total. The number of amides is 13. The summed E-state index contributed by atoms with van der Waals surface area (Å²) in [4.78, 5) is 201. The van der Waals surface area contributed by atoms with Crippen LogP contribution in [0.15, 0.2) is 12.2 Å². The summed E-state index contributed by atoms with van der Waals surface area (Å²) in [5, 5.41) is 29.0. The third-order valence-corrected chi connectivity index (χ3v) is 20.5. The summed E-state index contributed by atoms with van der Waals surface area (Å²) in [6, 6.07) is -13.6. The number of hydrogen-bond donors (Lipinski definition) is 7. The molecule has 12 atom stereocenters. The standard InChI is InChI=1S/C78H140N14O16/c1-25-27-30-53(15)68(96)67-72(100)82-56(26-2)73(101)85(17)43-64(95)86(18)58(39-47(3)4)71(99)84-65(51(11)12)77(105)87(19)59(40-48(5)6)70(98)81-54(16)69(97)83-57(44-108-45-63(94)79-35-29-28-31-62(93)80-36-32-55-33-37-92(38-34-55)46-107-24)74(102)88(20)60(41-49(7)8)75(103)89(21)61(42-50(9)10)76(104)90(22)66(52(13)14)78(106)91(67)23/h25,27,47-61,65-68,96H,26,28-46H2,1-24H3,(H,79,94)(H,80,93)(H,81,98)(H,82,100)(H,83,97)(H,84,99)/b27-25+. The zero-order valence-electron chi connectivity index (χ0n) is 69.9. The summed E-state index contributed by atoms with van der Waals surface area (Å²) < 4.78 is 11.2. The van der Waals surface area contributed by atoms with Crippen LogP contribution in [-0.2, 0) is 71.8 Å². The fourth-order valence-electron chi connectivity index (χ4n) is 13.7. The van der Waals surface area contributed by atoms with Gasteiger partial charge in [0.15, 0.2) is 0 Å². The Morgan fingerprint density at radius 2 is 1.04 bits per heavy atom. The van der Waals surface area contributed by atoms with Gasteiger partial charge in [0, 0.05) is 89.0 Å². The molecule has 2 saturated heterocycles. The van der Waals surface area contributed by atoms with Crippen LogP contribution in [0, 0.1) is 47.3 Å². The third-order valence-electron chi connectivity index (χ3n) is 20.5. The summed E-state index contributed by atoms with van der Waals surface area (Å²) in [7, 11) is 11.4. The lowest BCUT2D eigenvalue weighted by molar-refractivity contribution is -0.157. The van der Waals surface area contributed by atoms with Crippen LogP contribution in [0.4, 0.5) is 0 Å². The van der Waals surface area contributed by atoms with Crippen LogP contribution in [-0.4, -0.2) is 297 Å². The molecule has 2 aliphatic heterocycles. The average molecular weight is 1530 g/mol. The summed E-state index contributed by atoms with van der Waals surface area (Å²) >= 11 is 0. The third kappa shape index (κ3) is 30.5. The van der Waals surface area contributed by atoms with Crippen molar-refractivity contribution < 1.29 is 76.9 Å². The molecule has 2 rings (SSSR count). The van der Waals surface area contributed by atoms with E-state index in [-0.39, 0.29) is 81.1 Å². The van der Waals surface area contributed by atoms with Crippen LogP contribution in [0.3, 0.4) is 0 Å². The van der Waals surface area contributed by atoms with Crippen molar-refractivity contribution in [1.29, 1.82) is 0 Å². The van der Waals surface area contributed by atoms with E-state index in [1.807, 2.05) is 55.4 Å². The Morgan fingerprint density at radius 1 is 0.546 bits per heavy atom. The summed E-state index contributed by atoms with van der Waals surface area (Å²) in [5.41, 5.74) is 0. The molecule has 13 amide bonds. The molecule has 0 saturated carbocycles. The molecular formula is C78H140N14O16. The molecule has 2 heterocycles. The zero-order chi connectivity index (χ0) is 82.3. The number of carbonyl (C=O) groups is 13. The normalized spacial score (nSPS) is 24.8. The molecule has 2 fully saturated rings. The predicted octanol–water partition coefficient (Wildman–Crippen LogP) is 3.37.